The number of carbonyl (C=O) groups is 1. The third-order valence-electron chi connectivity index (χ3n) is 5.33. The van der Waals surface area contributed by atoms with E-state index in [1.54, 1.807) is 12.2 Å². The van der Waals surface area contributed by atoms with E-state index in [1.165, 1.54) is 96.3 Å². The normalized spacial score (nSPS) is 12.8. The van der Waals surface area contributed by atoms with Crippen LogP contribution in [0.5, 0.6) is 0 Å². The molecule has 0 fully saturated rings. The molecule has 0 aliphatic carbocycles. The van der Waals surface area contributed by atoms with Gasteiger partial charge in [-0.3, -0.25) is 0 Å². The molecule has 28 heavy (non-hydrogen) atoms. The van der Waals surface area contributed by atoms with Gasteiger partial charge in [0.1, 0.15) is 6.10 Å². The van der Waals surface area contributed by atoms with Crippen LogP contribution in [0.3, 0.4) is 0 Å². The maximum absolute atomic E-state index is 12.0. The molecule has 1 unspecified atom stereocenters. The maximum Gasteiger partial charge on any atom is 0.331 e. The molecule has 0 saturated heterocycles. The summed E-state index contributed by atoms with van der Waals surface area (Å²) < 4.78 is 5.74. The SMILES string of the molecule is C/C=C/C=C/C(=O)OC(CCCCCCCC)CCCCCCCCCCC. The molecule has 0 aromatic rings. The standard InChI is InChI=1S/C26H48O2/c1-4-7-10-12-14-15-16-18-21-23-25(22-20-17-13-11-8-5-2)28-26(27)24-19-9-6-3/h6,9,19,24-25H,4-5,7-8,10-18,20-23H2,1-3H3/b9-6+,24-19+. The molecule has 0 saturated carbocycles. The van der Waals surface area contributed by atoms with E-state index in [2.05, 4.69) is 13.8 Å². The van der Waals surface area contributed by atoms with E-state index in [0.717, 1.165) is 12.8 Å². The zero-order valence-corrected chi connectivity index (χ0v) is 19.2. The van der Waals surface area contributed by atoms with Crippen LogP contribution in [-0.4, -0.2) is 12.1 Å². The molecule has 0 aromatic heterocycles. The van der Waals surface area contributed by atoms with Gasteiger partial charge in [0.15, 0.2) is 0 Å². The highest BCUT2D eigenvalue weighted by molar-refractivity contribution is 5.82. The monoisotopic (exact) mass is 392 g/mol. The van der Waals surface area contributed by atoms with Gasteiger partial charge >= 0.3 is 5.97 Å². The summed E-state index contributed by atoms with van der Waals surface area (Å²) in [6.45, 7) is 6.47. The van der Waals surface area contributed by atoms with Crippen LogP contribution in [0.4, 0.5) is 0 Å². The maximum atomic E-state index is 12.0. The number of unbranched alkanes of at least 4 members (excludes halogenated alkanes) is 13. The summed E-state index contributed by atoms with van der Waals surface area (Å²) in [5.74, 6) is -0.190. The van der Waals surface area contributed by atoms with E-state index in [-0.39, 0.29) is 12.1 Å². The summed E-state index contributed by atoms with van der Waals surface area (Å²) in [6.07, 6.45) is 29.0. The Morgan fingerprint density at radius 1 is 0.679 bits per heavy atom. The number of allylic oxidation sites excluding steroid dienone is 3. The van der Waals surface area contributed by atoms with Crippen LogP contribution in [0, 0.1) is 0 Å². The molecule has 0 amide bonds. The largest absolute Gasteiger partial charge is 0.459 e. The van der Waals surface area contributed by atoms with Gasteiger partial charge in [0, 0.05) is 6.08 Å². The molecule has 0 bridgehead atoms. The Hall–Kier alpha value is -1.05. The summed E-state index contributed by atoms with van der Waals surface area (Å²) in [6, 6.07) is 0. The second-order valence-corrected chi connectivity index (χ2v) is 8.12. The Morgan fingerprint density at radius 3 is 1.54 bits per heavy atom. The quantitative estimate of drug-likeness (QED) is 0.0896. The van der Waals surface area contributed by atoms with Gasteiger partial charge in [-0.25, -0.2) is 4.79 Å². The molecule has 0 aromatic carbocycles. The molecule has 0 spiro atoms. The van der Waals surface area contributed by atoms with Gasteiger partial charge in [-0.1, -0.05) is 116 Å². The molecule has 0 heterocycles. The summed E-state index contributed by atoms with van der Waals surface area (Å²) in [5, 5.41) is 0. The second-order valence-electron chi connectivity index (χ2n) is 8.12. The molecule has 2 nitrogen and oxygen atoms in total. The zero-order valence-electron chi connectivity index (χ0n) is 19.2. The molecule has 0 aliphatic heterocycles. The van der Waals surface area contributed by atoms with Crippen molar-refractivity contribution in [2.24, 2.45) is 0 Å². The van der Waals surface area contributed by atoms with Gasteiger partial charge in [0.05, 0.1) is 0 Å². The van der Waals surface area contributed by atoms with Gasteiger partial charge in [0.2, 0.25) is 0 Å². The number of carbonyl (C=O) groups excluding carboxylic acids is 1. The lowest BCUT2D eigenvalue weighted by Gasteiger charge is -2.17. The minimum Gasteiger partial charge on any atom is -0.459 e. The number of ether oxygens (including phenoxy) is 1. The summed E-state index contributed by atoms with van der Waals surface area (Å²) in [7, 11) is 0. The Kier molecular flexibility index (Phi) is 21.4. The van der Waals surface area contributed by atoms with E-state index in [9.17, 15) is 4.79 Å². The Morgan fingerprint density at radius 2 is 1.11 bits per heavy atom. The lowest BCUT2D eigenvalue weighted by Crippen LogP contribution is -2.17. The van der Waals surface area contributed by atoms with Gasteiger partial charge in [0.25, 0.3) is 0 Å². The van der Waals surface area contributed by atoms with Crippen molar-refractivity contribution in [3.8, 4) is 0 Å². The number of esters is 1. The minimum atomic E-state index is -0.190. The summed E-state index contributed by atoms with van der Waals surface area (Å²) >= 11 is 0. The first-order valence-corrected chi connectivity index (χ1v) is 12.2. The topological polar surface area (TPSA) is 26.3 Å². The van der Waals surface area contributed by atoms with E-state index < -0.39 is 0 Å². The Balaban J connectivity index is 4.02. The van der Waals surface area contributed by atoms with E-state index in [0.29, 0.717) is 0 Å². The third kappa shape index (κ3) is 19.7. The smallest absolute Gasteiger partial charge is 0.331 e. The highest BCUT2D eigenvalue weighted by atomic mass is 16.5. The lowest BCUT2D eigenvalue weighted by atomic mass is 10.0. The van der Waals surface area contributed by atoms with Crippen LogP contribution >= 0.6 is 0 Å². The van der Waals surface area contributed by atoms with Crippen LogP contribution < -0.4 is 0 Å². The first-order valence-electron chi connectivity index (χ1n) is 12.2. The molecular weight excluding hydrogens is 344 g/mol. The lowest BCUT2D eigenvalue weighted by molar-refractivity contribution is -0.143. The fraction of sp³-hybridized carbons (Fsp3) is 0.808. The fourth-order valence-corrected chi connectivity index (χ4v) is 3.55. The van der Waals surface area contributed by atoms with Gasteiger partial charge < -0.3 is 4.74 Å². The average molecular weight is 393 g/mol. The molecule has 0 radical (unpaired) electrons. The van der Waals surface area contributed by atoms with Crippen LogP contribution in [0.15, 0.2) is 24.3 Å². The van der Waals surface area contributed by atoms with E-state index in [1.807, 2.05) is 19.1 Å². The Bertz CT molecular complexity index is 384. The number of hydrogen-bond acceptors (Lipinski definition) is 2. The zero-order chi connectivity index (χ0) is 20.7. The van der Waals surface area contributed by atoms with E-state index in [4.69, 9.17) is 4.74 Å². The average Bonchev–Trinajstić information content (AvgIpc) is 2.69. The fourth-order valence-electron chi connectivity index (χ4n) is 3.55. The number of hydrogen-bond donors (Lipinski definition) is 0. The molecule has 0 rings (SSSR count). The molecule has 164 valence electrons. The molecule has 2 heteroatoms. The minimum absolute atomic E-state index is 0.0958. The third-order valence-corrected chi connectivity index (χ3v) is 5.33. The van der Waals surface area contributed by atoms with Crippen LogP contribution in [-0.2, 0) is 9.53 Å². The number of rotatable bonds is 20. The van der Waals surface area contributed by atoms with Crippen molar-refractivity contribution in [1.29, 1.82) is 0 Å². The predicted molar refractivity (Wildman–Crippen MR) is 124 cm³/mol. The second kappa shape index (κ2) is 22.2. The highest BCUT2D eigenvalue weighted by Crippen LogP contribution is 2.17. The van der Waals surface area contributed by atoms with Gasteiger partial charge in [-0.15, -0.1) is 0 Å². The molecule has 1 atom stereocenters. The molecular formula is C26H48O2. The summed E-state index contributed by atoms with van der Waals surface area (Å²) in [4.78, 5) is 12.0. The van der Waals surface area contributed by atoms with Crippen molar-refractivity contribution in [1.82, 2.24) is 0 Å². The van der Waals surface area contributed by atoms with Crippen molar-refractivity contribution in [3.63, 3.8) is 0 Å². The first kappa shape index (κ1) is 27.0. The van der Waals surface area contributed by atoms with E-state index >= 15 is 0 Å². The Labute approximate surface area is 176 Å². The van der Waals surface area contributed by atoms with Crippen LogP contribution in [0.25, 0.3) is 0 Å². The summed E-state index contributed by atoms with van der Waals surface area (Å²) in [5.41, 5.74) is 0. The van der Waals surface area contributed by atoms with Crippen LogP contribution in [0.2, 0.25) is 0 Å². The highest BCUT2D eigenvalue weighted by Gasteiger charge is 2.12. The van der Waals surface area contributed by atoms with Crippen molar-refractivity contribution in [2.75, 3.05) is 0 Å². The van der Waals surface area contributed by atoms with Crippen LogP contribution in [0.1, 0.15) is 130 Å². The predicted octanol–water partition coefficient (Wildman–Crippen LogP) is 8.70. The van der Waals surface area contributed by atoms with Gasteiger partial charge in [-0.05, 0) is 32.6 Å². The first-order chi connectivity index (χ1) is 13.7. The molecule has 0 aliphatic rings. The van der Waals surface area contributed by atoms with Crippen molar-refractivity contribution >= 4 is 5.97 Å². The van der Waals surface area contributed by atoms with Gasteiger partial charge in [-0.2, -0.15) is 0 Å². The van der Waals surface area contributed by atoms with Crippen molar-refractivity contribution in [3.05, 3.63) is 24.3 Å². The molecule has 0 N–H and O–H groups in total. The van der Waals surface area contributed by atoms with Crippen molar-refractivity contribution in [2.45, 2.75) is 136 Å². The van der Waals surface area contributed by atoms with Crippen molar-refractivity contribution < 1.29 is 9.53 Å².